The second-order valence-corrected chi connectivity index (χ2v) is 4.48. The highest BCUT2D eigenvalue weighted by Gasteiger charge is 2.30. The quantitative estimate of drug-likeness (QED) is 0.746. The molecular formula is C11H22N2O2. The van der Waals surface area contributed by atoms with Crippen molar-refractivity contribution in [3.05, 3.63) is 0 Å². The van der Waals surface area contributed by atoms with Crippen LogP contribution in [0.5, 0.6) is 0 Å². The Kier molecular flexibility index (Phi) is 4.54. The van der Waals surface area contributed by atoms with Gasteiger partial charge in [-0.2, -0.15) is 0 Å². The van der Waals surface area contributed by atoms with E-state index in [0.717, 1.165) is 19.3 Å². The average Bonchev–Trinajstić information content (AvgIpc) is 2.63. The highest BCUT2D eigenvalue weighted by atomic mass is 16.5. The molecule has 0 bridgehead atoms. The molecule has 1 rings (SSSR count). The lowest BCUT2D eigenvalue weighted by atomic mass is 10.1. The van der Waals surface area contributed by atoms with Gasteiger partial charge in [0.25, 0.3) is 5.91 Å². The summed E-state index contributed by atoms with van der Waals surface area (Å²) in [6.07, 6.45) is 3.15. The van der Waals surface area contributed by atoms with E-state index in [2.05, 4.69) is 0 Å². The summed E-state index contributed by atoms with van der Waals surface area (Å²) in [5, 5.41) is 0. The van der Waals surface area contributed by atoms with E-state index in [1.807, 2.05) is 6.92 Å². The number of nitrogens with zero attached hydrogens (tertiary/aromatic N) is 1. The van der Waals surface area contributed by atoms with Crippen LogP contribution in [0.25, 0.3) is 0 Å². The zero-order chi connectivity index (χ0) is 11.4. The van der Waals surface area contributed by atoms with Crippen LogP contribution in [0.3, 0.4) is 0 Å². The van der Waals surface area contributed by atoms with Crippen molar-refractivity contribution >= 4 is 5.91 Å². The summed E-state index contributed by atoms with van der Waals surface area (Å²) in [6.45, 7) is 2.47. The number of carbonyl (C=O) groups is 1. The molecule has 1 fully saturated rings. The summed E-state index contributed by atoms with van der Waals surface area (Å²) in [6, 6.07) is 0. The fourth-order valence-electron chi connectivity index (χ4n) is 2.14. The zero-order valence-corrected chi connectivity index (χ0v) is 9.90. The minimum atomic E-state index is -0.350. The molecule has 1 amide bonds. The fourth-order valence-corrected chi connectivity index (χ4v) is 2.14. The van der Waals surface area contributed by atoms with Crippen LogP contribution in [-0.2, 0) is 9.53 Å². The summed E-state index contributed by atoms with van der Waals surface area (Å²) in [5.74, 6) is 0.458. The van der Waals surface area contributed by atoms with Crippen molar-refractivity contribution in [1.29, 1.82) is 0 Å². The minimum Gasteiger partial charge on any atom is -0.365 e. The van der Waals surface area contributed by atoms with E-state index in [4.69, 9.17) is 10.5 Å². The van der Waals surface area contributed by atoms with Gasteiger partial charge < -0.3 is 15.4 Å². The molecule has 3 atom stereocenters. The SMILES string of the molecule is CC(OC1CCCC1CN)C(=O)N(C)C. The predicted octanol–water partition coefficient (Wildman–Crippen LogP) is 0.607. The van der Waals surface area contributed by atoms with Gasteiger partial charge in [-0.15, -0.1) is 0 Å². The Hall–Kier alpha value is -0.610. The van der Waals surface area contributed by atoms with Gasteiger partial charge >= 0.3 is 0 Å². The number of likely N-dealkylation sites (N-methyl/N-ethyl adjacent to an activating group) is 1. The summed E-state index contributed by atoms with van der Waals surface area (Å²) >= 11 is 0. The van der Waals surface area contributed by atoms with Gasteiger partial charge in [-0.3, -0.25) is 4.79 Å². The molecule has 3 unspecified atom stereocenters. The van der Waals surface area contributed by atoms with E-state index >= 15 is 0 Å². The lowest BCUT2D eigenvalue weighted by molar-refractivity contribution is -0.144. The van der Waals surface area contributed by atoms with E-state index in [9.17, 15) is 4.79 Å². The average molecular weight is 214 g/mol. The maximum absolute atomic E-state index is 11.6. The van der Waals surface area contributed by atoms with Crippen LogP contribution in [0.15, 0.2) is 0 Å². The Labute approximate surface area is 91.8 Å². The molecule has 0 saturated heterocycles. The number of rotatable bonds is 4. The summed E-state index contributed by atoms with van der Waals surface area (Å²) in [7, 11) is 3.49. The number of hydrogen-bond acceptors (Lipinski definition) is 3. The number of amides is 1. The fraction of sp³-hybridized carbons (Fsp3) is 0.909. The standard InChI is InChI=1S/C11H22N2O2/c1-8(11(14)13(2)3)15-10-6-4-5-9(10)7-12/h8-10H,4-7,12H2,1-3H3. The smallest absolute Gasteiger partial charge is 0.250 e. The van der Waals surface area contributed by atoms with E-state index in [1.165, 1.54) is 0 Å². The van der Waals surface area contributed by atoms with Crippen molar-refractivity contribution in [2.45, 2.75) is 38.4 Å². The van der Waals surface area contributed by atoms with E-state index in [-0.39, 0.29) is 18.1 Å². The first-order chi connectivity index (χ1) is 7.06. The van der Waals surface area contributed by atoms with Gasteiger partial charge in [-0.05, 0) is 32.2 Å². The molecule has 2 N–H and O–H groups in total. The van der Waals surface area contributed by atoms with Crippen molar-refractivity contribution in [3.63, 3.8) is 0 Å². The maximum Gasteiger partial charge on any atom is 0.250 e. The van der Waals surface area contributed by atoms with E-state index in [0.29, 0.717) is 12.5 Å². The van der Waals surface area contributed by atoms with Gasteiger partial charge in [0.15, 0.2) is 0 Å². The van der Waals surface area contributed by atoms with Crippen LogP contribution in [0.4, 0.5) is 0 Å². The molecule has 0 radical (unpaired) electrons. The number of carbonyl (C=O) groups excluding carboxylic acids is 1. The predicted molar refractivity (Wildman–Crippen MR) is 59.4 cm³/mol. The normalized spacial score (nSPS) is 27.7. The van der Waals surface area contributed by atoms with Crippen LogP contribution < -0.4 is 5.73 Å². The Bertz CT molecular complexity index is 219. The Morgan fingerprint density at radius 1 is 1.53 bits per heavy atom. The molecule has 0 spiro atoms. The van der Waals surface area contributed by atoms with Crippen molar-refractivity contribution in [3.8, 4) is 0 Å². The van der Waals surface area contributed by atoms with Crippen LogP contribution in [-0.4, -0.2) is 43.7 Å². The van der Waals surface area contributed by atoms with Crippen LogP contribution in [0, 0.1) is 5.92 Å². The molecule has 0 aliphatic heterocycles. The topological polar surface area (TPSA) is 55.6 Å². The molecule has 4 heteroatoms. The highest BCUT2D eigenvalue weighted by Crippen LogP contribution is 2.28. The third-order valence-corrected chi connectivity index (χ3v) is 3.06. The molecular weight excluding hydrogens is 192 g/mol. The Balaban J connectivity index is 2.43. The van der Waals surface area contributed by atoms with Gasteiger partial charge in [0.05, 0.1) is 6.10 Å². The summed E-state index contributed by atoms with van der Waals surface area (Å²) in [4.78, 5) is 13.2. The van der Waals surface area contributed by atoms with Crippen LogP contribution >= 0.6 is 0 Å². The van der Waals surface area contributed by atoms with E-state index < -0.39 is 0 Å². The van der Waals surface area contributed by atoms with Gasteiger partial charge in [0.1, 0.15) is 6.10 Å². The monoisotopic (exact) mass is 214 g/mol. The molecule has 0 aromatic rings. The third-order valence-electron chi connectivity index (χ3n) is 3.06. The number of ether oxygens (including phenoxy) is 1. The molecule has 0 aromatic heterocycles. The van der Waals surface area contributed by atoms with Crippen molar-refractivity contribution in [1.82, 2.24) is 4.90 Å². The molecule has 15 heavy (non-hydrogen) atoms. The lowest BCUT2D eigenvalue weighted by Crippen LogP contribution is -2.38. The first-order valence-corrected chi connectivity index (χ1v) is 5.63. The largest absolute Gasteiger partial charge is 0.365 e. The zero-order valence-electron chi connectivity index (χ0n) is 9.90. The minimum absolute atomic E-state index is 0.0256. The van der Waals surface area contributed by atoms with Gasteiger partial charge in [-0.25, -0.2) is 0 Å². The third kappa shape index (κ3) is 3.18. The first-order valence-electron chi connectivity index (χ1n) is 5.63. The Morgan fingerprint density at radius 2 is 2.20 bits per heavy atom. The van der Waals surface area contributed by atoms with Crippen LogP contribution in [0.2, 0.25) is 0 Å². The van der Waals surface area contributed by atoms with Gasteiger partial charge in [0, 0.05) is 14.1 Å². The molecule has 1 saturated carbocycles. The molecule has 0 heterocycles. The first kappa shape index (κ1) is 12.5. The maximum atomic E-state index is 11.6. The summed E-state index contributed by atoms with van der Waals surface area (Å²) in [5.41, 5.74) is 5.66. The molecule has 1 aliphatic rings. The summed E-state index contributed by atoms with van der Waals surface area (Å²) < 4.78 is 5.77. The van der Waals surface area contributed by atoms with Crippen molar-refractivity contribution in [2.75, 3.05) is 20.6 Å². The number of hydrogen-bond donors (Lipinski definition) is 1. The highest BCUT2D eigenvalue weighted by molar-refractivity contribution is 5.79. The van der Waals surface area contributed by atoms with Crippen molar-refractivity contribution in [2.24, 2.45) is 11.7 Å². The molecule has 0 aromatic carbocycles. The Morgan fingerprint density at radius 3 is 2.73 bits per heavy atom. The van der Waals surface area contributed by atoms with Gasteiger partial charge in [-0.1, -0.05) is 6.42 Å². The second-order valence-electron chi connectivity index (χ2n) is 4.48. The molecule has 1 aliphatic carbocycles. The van der Waals surface area contributed by atoms with E-state index in [1.54, 1.807) is 19.0 Å². The lowest BCUT2D eigenvalue weighted by Gasteiger charge is -2.24. The van der Waals surface area contributed by atoms with Crippen molar-refractivity contribution < 1.29 is 9.53 Å². The van der Waals surface area contributed by atoms with Crippen LogP contribution in [0.1, 0.15) is 26.2 Å². The second kappa shape index (κ2) is 5.47. The van der Waals surface area contributed by atoms with Gasteiger partial charge in [0.2, 0.25) is 0 Å². The number of nitrogens with two attached hydrogens (primary N) is 1. The molecule has 88 valence electrons. The molecule has 4 nitrogen and oxygen atoms in total.